The number of aromatic nitrogens is 1. The average molecular weight is 275 g/mol. The fraction of sp³-hybridized carbons (Fsp3) is 0.545. The van der Waals surface area contributed by atoms with Crippen LogP contribution < -0.4 is 0 Å². The first-order valence-electron chi connectivity index (χ1n) is 5.11. The van der Waals surface area contributed by atoms with Crippen molar-refractivity contribution in [2.45, 2.75) is 38.5 Å². The molecule has 0 aliphatic heterocycles. The molecule has 1 aromatic rings. The molecule has 1 aromatic heterocycles. The minimum Gasteiger partial charge on any atom is -0.243 e. The monoisotopic (exact) mass is 273 g/mol. The van der Waals surface area contributed by atoms with Gasteiger partial charge in [-0.2, -0.15) is 0 Å². The number of aryl methyl sites for hydroxylation is 1. The third kappa shape index (κ3) is 2.12. The van der Waals surface area contributed by atoms with E-state index in [-0.39, 0.29) is 0 Å². The number of hydrogen-bond donors (Lipinski definition) is 0. The van der Waals surface area contributed by atoms with Crippen molar-refractivity contribution in [3.05, 3.63) is 26.9 Å². The number of hydrogen-bond acceptors (Lipinski definition) is 1. The molecule has 0 spiro atoms. The Morgan fingerprint density at radius 2 is 1.86 bits per heavy atom. The van der Waals surface area contributed by atoms with Gasteiger partial charge in [-0.3, -0.25) is 0 Å². The molecular formula is C11H13BrClN. The van der Waals surface area contributed by atoms with Crippen LogP contribution in [-0.4, -0.2) is 4.98 Å². The summed E-state index contributed by atoms with van der Waals surface area (Å²) < 4.78 is 1.01. The van der Waals surface area contributed by atoms with Crippen molar-refractivity contribution in [1.82, 2.24) is 4.98 Å². The highest BCUT2D eigenvalue weighted by molar-refractivity contribution is 9.10. The zero-order valence-corrected chi connectivity index (χ0v) is 10.4. The maximum atomic E-state index is 5.98. The van der Waals surface area contributed by atoms with E-state index in [2.05, 4.69) is 20.9 Å². The highest BCUT2D eigenvalue weighted by Gasteiger charge is 2.12. The van der Waals surface area contributed by atoms with E-state index in [0.29, 0.717) is 5.15 Å². The molecule has 0 N–H and O–H groups in total. The van der Waals surface area contributed by atoms with Crippen LogP contribution in [0.2, 0.25) is 5.15 Å². The maximum absolute atomic E-state index is 5.98. The van der Waals surface area contributed by atoms with E-state index in [1.165, 1.54) is 36.8 Å². The Labute approximate surface area is 98.0 Å². The Kier molecular flexibility index (Phi) is 3.45. The van der Waals surface area contributed by atoms with Gasteiger partial charge < -0.3 is 0 Å². The molecule has 76 valence electrons. The summed E-state index contributed by atoms with van der Waals surface area (Å²) in [6.45, 7) is 0. The molecule has 0 amide bonds. The lowest BCUT2D eigenvalue weighted by molar-refractivity contribution is 0.614. The van der Waals surface area contributed by atoms with Crippen molar-refractivity contribution in [2.24, 2.45) is 0 Å². The van der Waals surface area contributed by atoms with Crippen molar-refractivity contribution in [1.29, 1.82) is 0 Å². The fourth-order valence-electron chi connectivity index (χ4n) is 1.99. The number of rotatable bonds is 0. The van der Waals surface area contributed by atoms with Crippen molar-refractivity contribution in [2.75, 3.05) is 0 Å². The third-order valence-corrected chi connectivity index (χ3v) is 4.16. The molecular weight excluding hydrogens is 261 g/mol. The standard InChI is InChI=1S/C11H13BrClN/c12-10-9-6-4-2-1-3-5-8(9)7-14-11(10)13/h7H,1-6H2. The Hall–Kier alpha value is -0.0800. The average Bonchev–Trinajstić information content (AvgIpc) is 2.13. The largest absolute Gasteiger partial charge is 0.243 e. The molecule has 0 saturated heterocycles. The summed E-state index contributed by atoms with van der Waals surface area (Å²) in [5.41, 5.74) is 2.76. The SMILES string of the molecule is Clc1ncc2c(c1Br)CCCCCC2. The normalized spacial score (nSPS) is 17.0. The summed E-state index contributed by atoms with van der Waals surface area (Å²) in [6, 6.07) is 0. The van der Waals surface area contributed by atoms with Gasteiger partial charge in [0.1, 0.15) is 5.15 Å². The first-order valence-corrected chi connectivity index (χ1v) is 6.28. The van der Waals surface area contributed by atoms with Gasteiger partial charge in [0.25, 0.3) is 0 Å². The van der Waals surface area contributed by atoms with Gasteiger partial charge in [-0.25, -0.2) is 4.98 Å². The maximum Gasteiger partial charge on any atom is 0.143 e. The van der Waals surface area contributed by atoms with Crippen molar-refractivity contribution in [3.8, 4) is 0 Å². The molecule has 3 heteroatoms. The molecule has 2 rings (SSSR count). The second-order valence-electron chi connectivity index (χ2n) is 3.78. The highest BCUT2D eigenvalue weighted by atomic mass is 79.9. The van der Waals surface area contributed by atoms with Gasteiger partial charge in [-0.15, -0.1) is 0 Å². The van der Waals surface area contributed by atoms with Crippen molar-refractivity contribution in [3.63, 3.8) is 0 Å². The summed E-state index contributed by atoms with van der Waals surface area (Å²) in [7, 11) is 0. The summed E-state index contributed by atoms with van der Waals surface area (Å²) in [4.78, 5) is 4.18. The molecule has 1 nitrogen and oxygen atoms in total. The summed E-state index contributed by atoms with van der Waals surface area (Å²) in [6.07, 6.45) is 9.46. The van der Waals surface area contributed by atoms with Crippen LogP contribution in [0, 0.1) is 0 Å². The van der Waals surface area contributed by atoms with Crippen LogP contribution >= 0.6 is 27.5 Å². The molecule has 0 unspecified atom stereocenters. The molecule has 0 fully saturated rings. The lowest BCUT2D eigenvalue weighted by atomic mass is 9.95. The molecule has 0 bridgehead atoms. The number of pyridine rings is 1. The minimum absolute atomic E-state index is 0.601. The number of nitrogens with zero attached hydrogens (tertiary/aromatic N) is 1. The Bertz CT molecular complexity index is 338. The summed E-state index contributed by atoms with van der Waals surface area (Å²) >= 11 is 9.51. The summed E-state index contributed by atoms with van der Waals surface area (Å²) in [5.74, 6) is 0. The van der Waals surface area contributed by atoms with Crippen LogP contribution in [0.1, 0.15) is 36.8 Å². The zero-order valence-electron chi connectivity index (χ0n) is 8.02. The van der Waals surface area contributed by atoms with E-state index in [1.807, 2.05) is 6.20 Å². The van der Waals surface area contributed by atoms with Gasteiger partial charge >= 0.3 is 0 Å². The predicted molar refractivity (Wildman–Crippen MR) is 62.8 cm³/mol. The highest BCUT2D eigenvalue weighted by Crippen LogP contribution is 2.30. The quantitative estimate of drug-likeness (QED) is 0.648. The number of halogens is 2. The second-order valence-corrected chi connectivity index (χ2v) is 4.93. The van der Waals surface area contributed by atoms with E-state index in [9.17, 15) is 0 Å². The molecule has 1 aliphatic rings. The first-order chi connectivity index (χ1) is 6.79. The number of fused-ring (bicyclic) bond motifs is 1. The first kappa shape index (κ1) is 10.4. The van der Waals surface area contributed by atoms with Crippen LogP contribution in [-0.2, 0) is 12.8 Å². The van der Waals surface area contributed by atoms with E-state index in [4.69, 9.17) is 11.6 Å². The van der Waals surface area contributed by atoms with Gasteiger partial charge in [-0.1, -0.05) is 24.4 Å². The molecule has 0 radical (unpaired) electrons. The molecule has 1 aliphatic carbocycles. The molecule has 0 saturated carbocycles. The molecule has 14 heavy (non-hydrogen) atoms. The van der Waals surface area contributed by atoms with Crippen LogP contribution in [0.4, 0.5) is 0 Å². The predicted octanol–water partition coefficient (Wildman–Crippen LogP) is 4.16. The second kappa shape index (κ2) is 4.63. The van der Waals surface area contributed by atoms with Crippen molar-refractivity contribution >= 4 is 27.5 Å². The third-order valence-electron chi connectivity index (χ3n) is 2.79. The van der Waals surface area contributed by atoms with Crippen molar-refractivity contribution < 1.29 is 0 Å². The Balaban J connectivity index is 2.39. The Morgan fingerprint density at radius 3 is 2.64 bits per heavy atom. The fourth-order valence-corrected chi connectivity index (χ4v) is 2.71. The smallest absolute Gasteiger partial charge is 0.143 e. The van der Waals surface area contributed by atoms with E-state index in [1.54, 1.807) is 0 Å². The van der Waals surface area contributed by atoms with Gasteiger partial charge in [0, 0.05) is 6.20 Å². The zero-order chi connectivity index (χ0) is 9.97. The van der Waals surface area contributed by atoms with E-state index < -0.39 is 0 Å². The molecule has 1 heterocycles. The van der Waals surface area contributed by atoms with Gasteiger partial charge in [0.15, 0.2) is 0 Å². The minimum atomic E-state index is 0.601. The van der Waals surface area contributed by atoms with Gasteiger partial charge in [0.05, 0.1) is 4.47 Å². The lowest BCUT2D eigenvalue weighted by Crippen LogP contribution is -2.02. The topological polar surface area (TPSA) is 12.9 Å². The lowest BCUT2D eigenvalue weighted by Gasteiger charge is -2.15. The molecule has 0 aromatic carbocycles. The van der Waals surface area contributed by atoms with Gasteiger partial charge in [0.2, 0.25) is 0 Å². The molecule has 0 atom stereocenters. The van der Waals surface area contributed by atoms with Crippen LogP contribution in [0.3, 0.4) is 0 Å². The van der Waals surface area contributed by atoms with Crippen LogP contribution in [0.15, 0.2) is 10.7 Å². The summed E-state index contributed by atoms with van der Waals surface area (Å²) in [5, 5.41) is 0.601. The van der Waals surface area contributed by atoms with Crippen LogP contribution in [0.5, 0.6) is 0 Å². The van der Waals surface area contributed by atoms with Gasteiger partial charge in [-0.05, 0) is 52.7 Å². The van der Waals surface area contributed by atoms with E-state index >= 15 is 0 Å². The Morgan fingerprint density at radius 1 is 1.14 bits per heavy atom. The van der Waals surface area contributed by atoms with Crippen LogP contribution in [0.25, 0.3) is 0 Å². The van der Waals surface area contributed by atoms with E-state index in [0.717, 1.165) is 17.3 Å².